The molecule has 1 aromatic rings. The fourth-order valence-electron chi connectivity index (χ4n) is 1.77. The highest BCUT2D eigenvalue weighted by Crippen LogP contribution is 2.14. The third kappa shape index (κ3) is 3.34. The van der Waals surface area contributed by atoms with Crippen LogP contribution in [0.2, 0.25) is 0 Å². The maximum atomic E-state index is 11.8. The highest BCUT2D eigenvalue weighted by atomic mass is 16.7. The van der Waals surface area contributed by atoms with Gasteiger partial charge in [0.1, 0.15) is 5.75 Å². The van der Waals surface area contributed by atoms with E-state index in [2.05, 4.69) is 0 Å². The third-order valence-electron chi connectivity index (χ3n) is 2.76. The predicted molar refractivity (Wildman–Crippen MR) is 68.9 cm³/mol. The molecule has 1 heterocycles. The SMILES string of the molecule is COc1cccc(/C=C/C(=O)N2CCCCO2)c1. The summed E-state index contributed by atoms with van der Waals surface area (Å²) in [6.45, 7) is 1.29. The maximum Gasteiger partial charge on any atom is 0.270 e. The van der Waals surface area contributed by atoms with Crippen LogP contribution in [0.3, 0.4) is 0 Å². The number of carbonyl (C=O) groups is 1. The van der Waals surface area contributed by atoms with Gasteiger partial charge >= 0.3 is 0 Å². The van der Waals surface area contributed by atoms with Gasteiger partial charge in [0.25, 0.3) is 5.91 Å². The van der Waals surface area contributed by atoms with E-state index in [4.69, 9.17) is 9.57 Å². The van der Waals surface area contributed by atoms with Crippen LogP contribution in [0.5, 0.6) is 5.75 Å². The standard InChI is InChI=1S/C14H17NO3/c1-17-13-6-4-5-12(11-13)7-8-14(16)15-9-2-3-10-18-15/h4-8,11H,2-3,9-10H2,1H3/b8-7+. The highest BCUT2D eigenvalue weighted by molar-refractivity contribution is 5.91. The molecule has 1 aliphatic heterocycles. The van der Waals surface area contributed by atoms with Gasteiger partial charge in [0, 0.05) is 12.6 Å². The van der Waals surface area contributed by atoms with Crippen molar-refractivity contribution in [2.75, 3.05) is 20.3 Å². The minimum Gasteiger partial charge on any atom is -0.497 e. The zero-order chi connectivity index (χ0) is 12.8. The highest BCUT2D eigenvalue weighted by Gasteiger charge is 2.14. The molecule has 1 fully saturated rings. The minimum absolute atomic E-state index is 0.113. The molecule has 4 heteroatoms. The lowest BCUT2D eigenvalue weighted by atomic mass is 10.2. The van der Waals surface area contributed by atoms with Crippen LogP contribution in [0.1, 0.15) is 18.4 Å². The molecule has 0 aliphatic carbocycles. The number of ether oxygens (including phenoxy) is 1. The second-order valence-corrected chi connectivity index (χ2v) is 4.09. The molecular weight excluding hydrogens is 230 g/mol. The minimum atomic E-state index is -0.113. The summed E-state index contributed by atoms with van der Waals surface area (Å²) in [6, 6.07) is 7.55. The first kappa shape index (κ1) is 12.6. The van der Waals surface area contributed by atoms with Gasteiger partial charge in [-0.3, -0.25) is 9.63 Å². The molecule has 18 heavy (non-hydrogen) atoms. The zero-order valence-electron chi connectivity index (χ0n) is 10.5. The van der Waals surface area contributed by atoms with E-state index < -0.39 is 0 Å². The summed E-state index contributed by atoms with van der Waals surface area (Å²) in [6.07, 6.45) is 5.31. The first-order valence-corrected chi connectivity index (χ1v) is 6.06. The van der Waals surface area contributed by atoms with Gasteiger partial charge in [-0.2, -0.15) is 0 Å². The summed E-state index contributed by atoms with van der Waals surface area (Å²) in [5.74, 6) is 0.663. The molecule has 1 aliphatic rings. The Bertz CT molecular complexity index is 436. The second kappa shape index (κ2) is 6.21. The van der Waals surface area contributed by atoms with E-state index in [0.29, 0.717) is 13.2 Å². The number of hydrogen-bond donors (Lipinski definition) is 0. The van der Waals surface area contributed by atoms with Gasteiger partial charge in [-0.1, -0.05) is 12.1 Å². The Hall–Kier alpha value is -1.81. The van der Waals surface area contributed by atoms with Crippen LogP contribution in [-0.4, -0.2) is 31.2 Å². The largest absolute Gasteiger partial charge is 0.497 e. The monoisotopic (exact) mass is 247 g/mol. The van der Waals surface area contributed by atoms with E-state index in [0.717, 1.165) is 24.2 Å². The predicted octanol–water partition coefficient (Wildman–Crippen LogP) is 2.26. The molecule has 0 N–H and O–H groups in total. The summed E-state index contributed by atoms with van der Waals surface area (Å²) >= 11 is 0. The van der Waals surface area contributed by atoms with Gasteiger partial charge in [-0.05, 0) is 36.6 Å². The lowest BCUT2D eigenvalue weighted by molar-refractivity contribution is -0.191. The Morgan fingerprint density at radius 3 is 3.06 bits per heavy atom. The van der Waals surface area contributed by atoms with E-state index in [1.54, 1.807) is 13.2 Å². The van der Waals surface area contributed by atoms with Gasteiger partial charge in [-0.25, -0.2) is 5.06 Å². The van der Waals surface area contributed by atoms with Gasteiger partial charge in [0.2, 0.25) is 0 Å². The third-order valence-corrected chi connectivity index (χ3v) is 2.76. The van der Waals surface area contributed by atoms with Crippen LogP contribution in [0.15, 0.2) is 30.3 Å². The molecule has 1 aromatic carbocycles. The number of nitrogens with zero attached hydrogens (tertiary/aromatic N) is 1. The molecule has 1 amide bonds. The summed E-state index contributed by atoms with van der Waals surface area (Å²) in [5, 5.41) is 1.42. The zero-order valence-corrected chi connectivity index (χ0v) is 10.5. The van der Waals surface area contributed by atoms with Crippen molar-refractivity contribution >= 4 is 12.0 Å². The number of hydrogen-bond acceptors (Lipinski definition) is 3. The second-order valence-electron chi connectivity index (χ2n) is 4.09. The summed E-state index contributed by atoms with van der Waals surface area (Å²) < 4.78 is 5.12. The van der Waals surface area contributed by atoms with Crippen LogP contribution in [-0.2, 0) is 9.63 Å². The fourth-order valence-corrected chi connectivity index (χ4v) is 1.77. The van der Waals surface area contributed by atoms with Gasteiger partial charge in [0.05, 0.1) is 13.7 Å². The summed E-state index contributed by atoms with van der Waals surface area (Å²) in [5.41, 5.74) is 0.930. The first-order chi connectivity index (χ1) is 8.79. The van der Waals surface area contributed by atoms with Crippen molar-refractivity contribution in [3.63, 3.8) is 0 Å². The van der Waals surface area contributed by atoms with Crippen molar-refractivity contribution in [2.24, 2.45) is 0 Å². The molecule has 0 atom stereocenters. The Balaban J connectivity index is 1.98. The topological polar surface area (TPSA) is 38.8 Å². The lowest BCUT2D eigenvalue weighted by Gasteiger charge is -2.24. The van der Waals surface area contributed by atoms with Crippen molar-refractivity contribution in [2.45, 2.75) is 12.8 Å². The van der Waals surface area contributed by atoms with Gasteiger partial charge in [-0.15, -0.1) is 0 Å². The molecule has 2 rings (SSSR count). The Labute approximate surface area is 107 Å². The average molecular weight is 247 g/mol. The number of carbonyl (C=O) groups excluding carboxylic acids is 1. The Morgan fingerprint density at radius 1 is 1.44 bits per heavy atom. The molecule has 1 saturated heterocycles. The Kier molecular flexibility index (Phi) is 4.36. The molecular formula is C14H17NO3. The molecule has 0 bridgehead atoms. The maximum absolute atomic E-state index is 11.8. The van der Waals surface area contributed by atoms with E-state index in [1.165, 1.54) is 11.1 Å². The molecule has 0 saturated carbocycles. The van der Waals surface area contributed by atoms with Crippen LogP contribution >= 0.6 is 0 Å². The lowest BCUT2D eigenvalue weighted by Crippen LogP contribution is -2.34. The number of hydroxylamine groups is 2. The van der Waals surface area contributed by atoms with Crippen LogP contribution < -0.4 is 4.74 Å². The molecule has 0 radical (unpaired) electrons. The summed E-state index contributed by atoms with van der Waals surface area (Å²) in [4.78, 5) is 17.1. The van der Waals surface area contributed by atoms with E-state index >= 15 is 0 Å². The Morgan fingerprint density at radius 2 is 2.33 bits per heavy atom. The van der Waals surface area contributed by atoms with Gasteiger partial charge < -0.3 is 4.74 Å². The number of methoxy groups -OCH3 is 1. The molecule has 0 spiro atoms. The molecule has 96 valence electrons. The van der Waals surface area contributed by atoms with Crippen molar-refractivity contribution in [3.8, 4) is 5.75 Å². The average Bonchev–Trinajstić information content (AvgIpc) is 2.46. The first-order valence-electron chi connectivity index (χ1n) is 6.06. The van der Waals surface area contributed by atoms with Crippen molar-refractivity contribution in [1.82, 2.24) is 5.06 Å². The van der Waals surface area contributed by atoms with E-state index in [-0.39, 0.29) is 5.91 Å². The normalized spacial score (nSPS) is 15.9. The van der Waals surface area contributed by atoms with E-state index in [1.807, 2.05) is 24.3 Å². The van der Waals surface area contributed by atoms with Crippen LogP contribution in [0.4, 0.5) is 0 Å². The molecule has 0 unspecified atom stereocenters. The van der Waals surface area contributed by atoms with Crippen molar-refractivity contribution in [3.05, 3.63) is 35.9 Å². The van der Waals surface area contributed by atoms with E-state index in [9.17, 15) is 4.79 Å². The van der Waals surface area contributed by atoms with Crippen LogP contribution in [0.25, 0.3) is 6.08 Å². The molecule has 4 nitrogen and oxygen atoms in total. The number of amides is 1. The van der Waals surface area contributed by atoms with Gasteiger partial charge in [0.15, 0.2) is 0 Å². The quantitative estimate of drug-likeness (QED) is 0.769. The summed E-state index contributed by atoms with van der Waals surface area (Å²) in [7, 11) is 1.62. The smallest absolute Gasteiger partial charge is 0.270 e. The number of rotatable bonds is 3. The number of benzene rings is 1. The van der Waals surface area contributed by atoms with Crippen LogP contribution in [0, 0.1) is 0 Å². The van der Waals surface area contributed by atoms with Crippen molar-refractivity contribution < 1.29 is 14.4 Å². The van der Waals surface area contributed by atoms with Crippen molar-refractivity contribution in [1.29, 1.82) is 0 Å². The fraction of sp³-hybridized carbons (Fsp3) is 0.357. The molecule has 0 aromatic heterocycles.